The summed E-state index contributed by atoms with van der Waals surface area (Å²) in [6.07, 6.45) is 1.66. The van der Waals surface area contributed by atoms with Crippen LogP contribution in [0.15, 0.2) is 63.6 Å². The first kappa shape index (κ1) is 26.8. The summed E-state index contributed by atoms with van der Waals surface area (Å²) in [5.74, 6) is 0.235. The highest BCUT2D eigenvalue weighted by Crippen LogP contribution is 2.42. The molecule has 2 aromatic heterocycles. The summed E-state index contributed by atoms with van der Waals surface area (Å²) in [5.41, 5.74) is 2.24. The van der Waals surface area contributed by atoms with Crippen LogP contribution in [0.2, 0.25) is 0 Å². The number of carboxylic acid groups (broad SMARTS) is 1. The number of nitrogens with zero attached hydrogens (tertiary/aromatic N) is 4. The summed E-state index contributed by atoms with van der Waals surface area (Å²) in [4.78, 5) is 17.8. The van der Waals surface area contributed by atoms with Gasteiger partial charge in [-0.1, -0.05) is 99.0 Å². The van der Waals surface area contributed by atoms with Crippen molar-refractivity contribution in [1.82, 2.24) is 20.2 Å². The van der Waals surface area contributed by atoms with E-state index in [0.29, 0.717) is 42.8 Å². The molecule has 1 aliphatic heterocycles. The second kappa shape index (κ2) is 10.4. The molecule has 0 saturated carbocycles. The van der Waals surface area contributed by atoms with Crippen LogP contribution in [0.1, 0.15) is 45.2 Å². The summed E-state index contributed by atoms with van der Waals surface area (Å²) in [7, 11) is 0. The van der Waals surface area contributed by atoms with Gasteiger partial charge in [-0.25, -0.2) is 0 Å². The third-order valence-corrected chi connectivity index (χ3v) is 7.57. The van der Waals surface area contributed by atoms with E-state index in [-0.39, 0.29) is 5.92 Å². The highest BCUT2D eigenvalue weighted by molar-refractivity contribution is 5.72. The van der Waals surface area contributed by atoms with Crippen molar-refractivity contribution in [1.29, 1.82) is 0 Å². The Morgan fingerprint density at radius 2 is 1.69 bits per heavy atom. The number of likely N-dealkylation sites (tertiary alicyclic amines) is 1. The third kappa shape index (κ3) is 5.12. The van der Waals surface area contributed by atoms with E-state index in [1.165, 1.54) is 0 Å². The van der Waals surface area contributed by atoms with Crippen LogP contribution in [-0.4, -0.2) is 56.0 Å². The first-order valence-corrected chi connectivity index (χ1v) is 13.3. The van der Waals surface area contributed by atoms with Crippen LogP contribution in [0.3, 0.4) is 0 Å². The Labute approximate surface area is 227 Å². The molecule has 5 rings (SSSR count). The lowest BCUT2D eigenvalue weighted by atomic mass is 9.71. The molecule has 0 amide bonds. The number of carboxylic acids is 1. The molecule has 1 unspecified atom stereocenters. The van der Waals surface area contributed by atoms with E-state index in [1.54, 1.807) is 0 Å². The van der Waals surface area contributed by atoms with Gasteiger partial charge in [0.25, 0.3) is 5.89 Å². The van der Waals surface area contributed by atoms with Gasteiger partial charge in [-0.2, -0.15) is 4.98 Å². The molecule has 2 aromatic carbocycles. The average molecular weight is 531 g/mol. The number of β-amino-alcohol motifs (C(OH)–C–C–N with tert-alkyl or cyclic N) is 1. The lowest BCUT2D eigenvalue weighted by Gasteiger charge is -2.47. The Morgan fingerprint density at radius 3 is 2.31 bits per heavy atom. The second-order valence-electron chi connectivity index (χ2n) is 11.3. The molecule has 0 radical (unpaired) electrons. The minimum Gasteiger partial charge on any atom is -0.481 e. The van der Waals surface area contributed by atoms with Gasteiger partial charge in [0.15, 0.2) is 11.5 Å². The first-order valence-electron chi connectivity index (χ1n) is 13.3. The number of hydrogen-bond acceptors (Lipinski definition) is 8. The van der Waals surface area contributed by atoms with E-state index >= 15 is 0 Å². The van der Waals surface area contributed by atoms with Crippen molar-refractivity contribution in [3.05, 3.63) is 65.7 Å². The van der Waals surface area contributed by atoms with Gasteiger partial charge in [-0.15, -0.1) is 0 Å². The zero-order chi connectivity index (χ0) is 27.8. The molecule has 2 N–H and O–H groups in total. The molecule has 1 atom stereocenters. The number of aromatic nitrogens is 3. The fraction of sp³-hybridized carbons (Fsp3) is 0.400. The maximum atomic E-state index is 11.8. The summed E-state index contributed by atoms with van der Waals surface area (Å²) in [6.45, 7) is 9.26. The van der Waals surface area contributed by atoms with E-state index in [4.69, 9.17) is 9.05 Å². The molecule has 1 fully saturated rings. The smallest absolute Gasteiger partial charge is 0.309 e. The Kier molecular flexibility index (Phi) is 7.13. The summed E-state index contributed by atoms with van der Waals surface area (Å²) >= 11 is 0. The Hall–Kier alpha value is -3.82. The monoisotopic (exact) mass is 530 g/mol. The maximum absolute atomic E-state index is 11.8. The number of aliphatic hydroxyl groups is 1. The van der Waals surface area contributed by atoms with Crippen molar-refractivity contribution in [3.8, 4) is 34.3 Å². The van der Waals surface area contributed by atoms with Crippen molar-refractivity contribution in [3.63, 3.8) is 0 Å². The van der Waals surface area contributed by atoms with E-state index in [0.717, 1.165) is 35.1 Å². The van der Waals surface area contributed by atoms with Crippen molar-refractivity contribution in [2.45, 2.75) is 46.1 Å². The van der Waals surface area contributed by atoms with E-state index in [2.05, 4.69) is 22.2 Å². The molecular weight excluding hydrogens is 496 g/mol. The van der Waals surface area contributed by atoms with Crippen molar-refractivity contribution >= 4 is 5.97 Å². The molecule has 1 saturated heterocycles. The van der Waals surface area contributed by atoms with E-state index in [1.807, 2.05) is 80.3 Å². The standard InChI is InChI=1S/C30H34N4O5/c1-5-9-23-24(32-38-25(23)19-10-7-6-8-11-19)27-31-26(33-39-27)20-12-14-22(15-13-20)30(37,29(2,3)4)18-34-16-21(17-34)28(35)36/h6-8,10-15,21,37H,5,9,16-18H2,1-4H3,(H,35,36). The number of benzene rings is 2. The van der Waals surface area contributed by atoms with Crippen LogP contribution in [-0.2, 0) is 16.8 Å². The minimum absolute atomic E-state index is 0.292. The van der Waals surface area contributed by atoms with Crippen LogP contribution in [0.4, 0.5) is 0 Å². The topological polar surface area (TPSA) is 126 Å². The normalized spacial score (nSPS) is 16.1. The predicted octanol–water partition coefficient (Wildman–Crippen LogP) is 5.26. The summed E-state index contributed by atoms with van der Waals surface area (Å²) < 4.78 is 11.3. The van der Waals surface area contributed by atoms with Crippen LogP contribution in [0.25, 0.3) is 34.3 Å². The second-order valence-corrected chi connectivity index (χ2v) is 11.3. The van der Waals surface area contributed by atoms with Gasteiger partial charge < -0.3 is 19.3 Å². The summed E-state index contributed by atoms with van der Waals surface area (Å²) in [6, 6.07) is 17.3. The molecular formula is C30H34N4O5. The Balaban J connectivity index is 1.39. The zero-order valence-electron chi connectivity index (χ0n) is 22.7. The number of hydrogen-bond donors (Lipinski definition) is 2. The lowest BCUT2D eigenvalue weighted by molar-refractivity contribution is -0.152. The van der Waals surface area contributed by atoms with E-state index in [9.17, 15) is 15.0 Å². The Morgan fingerprint density at radius 1 is 1.00 bits per heavy atom. The first-order chi connectivity index (χ1) is 18.6. The predicted molar refractivity (Wildman–Crippen MR) is 146 cm³/mol. The fourth-order valence-corrected chi connectivity index (χ4v) is 5.05. The average Bonchev–Trinajstić information content (AvgIpc) is 3.53. The van der Waals surface area contributed by atoms with Crippen molar-refractivity contribution < 1.29 is 24.1 Å². The minimum atomic E-state index is -1.18. The molecule has 0 spiro atoms. The Bertz CT molecular complexity index is 1430. The number of aliphatic carboxylic acids is 1. The maximum Gasteiger partial charge on any atom is 0.309 e. The van der Waals surface area contributed by atoms with Gasteiger partial charge in [-0.3, -0.25) is 9.69 Å². The molecule has 0 bridgehead atoms. The van der Waals surface area contributed by atoms with Gasteiger partial charge in [0, 0.05) is 36.3 Å². The highest BCUT2D eigenvalue weighted by atomic mass is 16.5. The van der Waals surface area contributed by atoms with Crippen molar-refractivity contribution in [2.24, 2.45) is 11.3 Å². The van der Waals surface area contributed by atoms with Gasteiger partial charge in [0.2, 0.25) is 5.82 Å². The highest BCUT2D eigenvalue weighted by Gasteiger charge is 2.46. The van der Waals surface area contributed by atoms with Gasteiger partial charge in [0.1, 0.15) is 5.60 Å². The number of carbonyl (C=O) groups is 1. The third-order valence-electron chi connectivity index (χ3n) is 7.57. The quantitative estimate of drug-likeness (QED) is 0.298. The summed E-state index contributed by atoms with van der Waals surface area (Å²) in [5, 5.41) is 29.5. The van der Waals surface area contributed by atoms with Crippen LogP contribution in [0, 0.1) is 11.3 Å². The van der Waals surface area contributed by atoms with Gasteiger partial charge >= 0.3 is 5.97 Å². The molecule has 1 aliphatic rings. The molecule has 39 heavy (non-hydrogen) atoms. The molecule has 204 valence electrons. The molecule has 4 aromatic rings. The zero-order valence-corrected chi connectivity index (χ0v) is 22.7. The largest absolute Gasteiger partial charge is 0.481 e. The fourth-order valence-electron chi connectivity index (χ4n) is 5.05. The molecule has 3 heterocycles. The SMILES string of the molecule is CCCc1c(-c2nc(-c3ccc(C(O)(CN4CC(C(=O)O)C4)C(C)(C)C)cc3)no2)noc1-c1ccccc1. The van der Waals surface area contributed by atoms with E-state index < -0.39 is 17.0 Å². The van der Waals surface area contributed by atoms with Crippen LogP contribution < -0.4 is 0 Å². The van der Waals surface area contributed by atoms with Crippen LogP contribution >= 0.6 is 0 Å². The molecule has 9 heteroatoms. The van der Waals surface area contributed by atoms with Gasteiger partial charge in [-0.05, 0) is 17.4 Å². The van der Waals surface area contributed by atoms with Crippen LogP contribution in [0.5, 0.6) is 0 Å². The van der Waals surface area contributed by atoms with Gasteiger partial charge in [0.05, 0.1) is 5.92 Å². The van der Waals surface area contributed by atoms with Crippen molar-refractivity contribution in [2.75, 3.05) is 19.6 Å². The lowest BCUT2D eigenvalue weighted by Crippen LogP contribution is -2.58. The molecule has 0 aliphatic carbocycles. The number of rotatable bonds is 9. The molecule has 9 nitrogen and oxygen atoms in total.